The zero-order chi connectivity index (χ0) is 36.0. The Kier molecular flexibility index (Phi) is 17.0. The molecule has 12 nitrogen and oxygen atoms in total. The van der Waals surface area contributed by atoms with Gasteiger partial charge < -0.3 is 25.4 Å². The number of amides is 3. The summed E-state index contributed by atoms with van der Waals surface area (Å²) in [5.74, 6) is 3.90. The van der Waals surface area contributed by atoms with Crippen molar-refractivity contribution in [2.45, 2.75) is 111 Å². The van der Waals surface area contributed by atoms with Crippen LogP contribution in [0.1, 0.15) is 108 Å². The van der Waals surface area contributed by atoms with Gasteiger partial charge in [-0.05, 0) is 62.3 Å². The summed E-state index contributed by atoms with van der Waals surface area (Å²) in [6.45, 7) is 13.7. The Morgan fingerprint density at radius 3 is 2.27 bits per heavy atom. The third kappa shape index (κ3) is 12.2. The number of benzene rings is 1. The van der Waals surface area contributed by atoms with Crippen molar-refractivity contribution in [3.8, 4) is 5.75 Å². The van der Waals surface area contributed by atoms with Crippen molar-refractivity contribution < 1.29 is 29.0 Å². The van der Waals surface area contributed by atoms with Gasteiger partial charge in [0, 0.05) is 35.7 Å². The van der Waals surface area contributed by atoms with Gasteiger partial charge in [-0.25, -0.2) is 10.8 Å². The Morgan fingerprint density at radius 2 is 1.71 bits per heavy atom. The molecule has 48 heavy (non-hydrogen) atoms. The normalized spacial score (nSPS) is 15.1. The molecule has 1 aromatic heterocycles. The smallest absolute Gasteiger partial charge is 0.307 e. The number of phenolic OH excluding ortho intramolecular Hbond substituents is 1. The number of ether oxygens (including phenoxy) is 1. The minimum atomic E-state index is -0.453. The lowest BCUT2D eigenvalue weighted by molar-refractivity contribution is -0.158. The van der Waals surface area contributed by atoms with E-state index in [4.69, 9.17) is 15.6 Å². The molecule has 0 spiro atoms. The van der Waals surface area contributed by atoms with E-state index in [0.717, 1.165) is 17.0 Å². The molecule has 3 amide bonds. The van der Waals surface area contributed by atoms with E-state index in [-0.39, 0.29) is 72.1 Å². The summed E-state index contributed by atoms with van der Waals surface area (Å²) in [7, 11) is 1.77. The zero-order valence-corrected chi connectivity index (χ0v) is 30.6. The van der Waals surface area contributed by atoms with Crippen LogP contribution in [0.15, 0.2) is 29.6 Å². The Bertz CT molecular complexity index is 1320. The molecule has 0 aliphatic carbocycles. The van der Waals surface area contributed by atoms with Gasteiger partial charge in [0.25, 0.3) is 5.91 Å². The summed E-state index contributed by atoms with van der Waals surface area (Å²) >= 11 is 1.38. The average Bonchev–Trinajstić information content (AvgIpc) is 3.56. The first-order chi connectivity index (χ1) is 22.8. The van der Waals surface area contributed by atoms with Gasteiger partial charge in [-0.2, -0.15) is 0 Å². The lowest BCUT2D eigenvalue weighted by Crippen LogP contribution is -2.54. The van der Waals surface area contributed by atoms with Crippen molar-refractivity contribution >= 4 is 35.0 Å². The van der Waals surface area contributed by atoms with Crippen LogP contribution in [0.25, 0.3) is 0 Å². The molecule has 0 saturated heterocycles. The second kappa shape index (κ2) is 20.1. The van der Waals surface area contributed by atoms with E-state index in [1.165, 1.54) is 11.3 Å². The number of hydrazine groups is 1. The topological polar surface area (TPSA) is 176 Å². The van der Waals surface area contributed by atoms with Crippen LogP contribution >= 0.6 is 11.3 Å². The minimum absolute atomic E-state index is 0.0480. The Morgan fingerprint density at radius 1 is 1.04 bits per heavy atom. The van der Waals surface area contributed by atoms with E-state index in [9.17, 15) is 24.3 Å². The molecule has 2 aromatic rings. The molecule has 268 valence electrons. The number of hydrogen-bond acceptors (Lipinski definition) is 10. The Balaban J connectivity index is 2.28. The summed E-state index contributed by atoms with van der Waals surface area (Å²) in [5.41, 5.74) is 3.32. The van der Waals surface area contributed by atoms with Gasteiger partial charge in [-0.1, -0.05) is 67.0 Å². The lowest BCUT2D eigenvalue weighted by Gasteiger charge is -2.38. The van der Waals surface area contributed by atoms with E-state index in [2.05, 4.69) is 16.1 Å². The van der Waals surface area contributed by atoms with Gasteiger partial charge in [0.15, 0.2) is 6.73 Å². The van der Waals surface area contributed by atoms with E-state index < -0.39 is 18.0 Å². The molecule has 6 N–H and O–H groups in total. The quantitative estimate of drug-likeness (QED) is 0.0441. The van der Waals surface area contributed by atoms with Gasteiger partial charge in [-0.15, -0.1) is 11.3 Å². The van der Waals surface area contributed by atoms with E-state index in [1.807, 2.05) is 41.5 Å². The molecule has 1 aromatic carbocycles. The number of aromatic nitrogens is 1. The molecule has 0 radical (unpaired) electrons. The highest BCUT2D eigenvalue weighted by atomic mass is 32.1. The van der Waals surface area contributed by atoms with E-state index in [0.29, 0.717) is 25.7 Å². The van der Waals surface area contributed by atoms with Crippen molar-refractivity contribution in [1.82, 2.24) is 25.9 Å². The molecular formula is C35H56N6O6S. The van der Waals surface area contributed by atoms with Gasteiger partial charge in [0.05, 0.1) is 11.0 Å². The Labute approximate surface area is 289 Å². The van der Waals surface area contributed by atoms with Crippen molar-refractivity contribution in [3.63, 3.8) is 0 Å². The summed E-state index contributed by atoms with van der Waals surface area (Å²) in [4.78, 5) is 58.3. The number of nitrogens with zero attached hydrogens (tertiary/aromatic N) is 2. The van der Waals surface area contributed by atoms with Crippen LogP contribution in [0.5, 0.6) is 5.75 Å². The first kappa shape index (κ1) is 40.6. The van der Waals surface area contributed by atoms with Crippen LogP contribution in [0.2, 0.25) is 0 Å². The molecular weight excluding hydrogens is 632 g/mol. The number of likely N-dealkylation sites (N-methyl/N-ethyl adjacent to an activating group) is 1. The maximum atomic E-state index is 14.0. The molecule has 0 aliphatic heterocycles. The van der Waals surface area contributed by atoms with Gasteiger partial charge in [-0.3, -0.25) is 24.6 Å². The summed E-state index contributed by atoms with van der Waals surface area (Å²) in [6.07, 6.45) is 3.08. The number of thiazole rings is 1. The molecule has 6 atom stereocenters. The van der Waals surface area contributed by atoms with E-state index in [1.54, 1.807) is 48.5 Å². The summed E-state index contributed by atoms with van der Waals surface area (Å²) in [5, 5.41) is 18.3. The van der Waals surface area contributed by atoms with Crippen LogP contribution in [0.3, 0.4) is 0 Å². The maximum absolute atomic E-state index is 14.0. The fourth-order valence-corrected chi connectivity index (χ4v) is 6.56. The first-order valence-corrected chi connectivity index (χ1v) is 17.8. The van der Waals surface area contributed by atoms with Gasteiger partial charge in [0.2, 0.25) is 11.8 Å². The van der Waals surface area contributed by atoms with Crippen molar-refractivity contribution in [1.29, 1.82) is 0 Å². The molecule has 2 rings (SSSR count). The second-order valence-corrected chi connectivity index (χ2v) is 14.0. The number of carbonyl (C=O) groups excluding carboxylic acids is 4. The molecule has 13 heteroatoms. The van der Waals surface area contributed by atoms with Crippen molar-refractivity contribution in [3.05, 3.63) is 45.9 Å². The standard InChI is InChI=1S/C35H56N6O6S/c1-9-11-30(43)47-20-41(35(46)31(37-8)22(5)10-2)29(21(3)4)17-24(7)34-39-28(19-48-34)33(45)38-26(16-23(6)32(44)40-36)18-25-12-14-27(42)15-13-25/h12-15,19,21-24,26,29,31,37,42H,9-11,16-18,20,36H2,1-8H3,(H,38,45)(H,40,44)/t22?,23-,24+,26+,29+,31-/m0/s1. The van der Waals surface area contributed by atoms with Crippen molar-refractivity contribution in [2.24, 2.45) is 23.6 Å². The van der Waals surface area contributed by atoms with Crippen LogP contribution < -0.4 is 21.9 Å². The third-order valence-electron chi connectivity index (χ3n) is 8.81. The van der Waals surface area contributed by atoms with Gasteiger partial charge >= 0.3 is 5.97 Å². The number of nitrogens with two attached hydrogens (primary N) is 1. The highest BCUT2D eigenvalue weighted by Crippen LogP contribution is 2.30. The predicted molar refractivity (Wildman–Crippen MR) is 188 cm³/mol. The molecule has 0 bridgehead atoms. The molecule has 0 fully saturated rings. The summed E-state index contributed by atoms with van der Waals surface area (Å²) < 4.78 is 5.59. The number of rotatable bonds is 20. The number of phenols is 1. The molecule has 1 unspecified atom stereocenters. The van der Waals surface area contributed by atoms with Crippen LogP contribution in [0.4, 0.5) is 0 Å². The highest BCUT2D eigenvalue weighted by Gasteiger charge is 2.35. The largest absolute Gasteiger partial charge is 0.508 e. The maximum Gasteiger partial charge on any atom is 0.307 e. The fraction of sp³-hybridized carbons (Fsp3) is 0.629. The number of esters is 1. The average molecular weight is 689 g/mol. The second-order valence-electron chi connectivity index (χ2n) is 13.1. The number of aromatic hydroxyl groups is 1. The first-order valence-electron chi connectivity index (χ1n) is 16.9. The third-order valence-corrected chi connectivity index (χ3v) is 9.89. The number of nitrogens with one attached hydrogen (secondary N) is 3. The van der Waals surface area contributed by atoms with Crippen molar-refractivity contribution in [2.75, 3.05) is 13.8 Å². The summed E-state index contributed by atoms with van der Waals surface area (Å²) in [6, 6.07) is 5.62. The predicted octanol–water partition coefficient (Wildman–Crippen LogP) is 4.49. The highest BCUT2D eigenvalue weighted by molar-refractivity contribution is 7.09. The molecule has 0 saturated carbocycles. The SMILES string of the molecule is CCCC(=O)OCN(C(=O)[C@@H](NC)C(C)CC)[C@H](C[C@@H](C)c1nc(C(=O)N[C@@H](Cc2ccc(O)cc2)C[C@H](C)C(=O)NN)cs1)C(C)C. The lowest BCUT2D eigenvalue weighted by atomic mass is 9.90. The minimum Gasteiger partial charge on any atom is -0.508 e. The number of hydrogen-bond donors (Lipinski definition) is 5. The Hall–Kier alpha value is -3.55. The van der Waals surface area contributed by atoms with Crippen LogP contribution in [0, 0.1) is 17.8 Å². The fourth-order valence-electron chi connectivity index (χ4n) is 5.69. The molecule has 1 heterocycles. The monoisotopic (exact) mass is 688 g/mol. The van der Waals surface area contributed by atoms with Gasteiger partial charge in [0.1, 0.15) is 11.4 Å². The zero-order valence-electron chi connectivity index (χ0n) is 29.7. The number of carbonyl (C=O) groups is 4. The van der Waals surface area contributed by atoms with Crippen LogP contribution in [-0.4, -0.2) is 70.6 Å². The molecule has 0 aliphatic rings. The van der Waals surface area contributed by atoms with E-state index >= 15 is 0 Å². The van der Waals surface area contributed by atoms with Crippen LogP contribution in [-0.2, 0) is 25.5 Å².